The van der Waals surface area contributed by atoms with Crippen molar-refractivity contribution in [3.8, 4) is 0 Å². The Kier molecular flexibility index (Phi) is 24.7. The molecule has 12 aliphatic rings. The summed E-state index contributed by atoms with van der Waals surface area (Å²) in [5.74, 6) is 6.01. The summed E-state index contributed by atoms with van der Waals surface area (Å²) in [7, 11) is 0. The molecule has 0 aromatic rings. The van der Waals surface area contributed by atoms with E-state index in [1.165, 1.54) is 101 Å². The largest absolute Gasteiger partial charge is 0.380 e. The van der Waals surface area contributed by atoms with E-state index in [0.29, 0.717) is 72.0 Å². The fraction of sp³-hybridized carbons (Fsp3) is 0.864. The zero-order chi connectivity index (χ0) is 71.0. The number of piperidine rings is 2. The number of carbonyl (C=O) groups is 4. The third-order valence-electron chi connectivity index (χ3n) is 32.0. The van der Waals surface area contributed by atoms with Gasteiger partial charge in [-0.05, 0) is 324 Å². The van der Waals surface area contributed by atoms with Crippen LogP contribution in [0.25, 0.3) is 0 Å². The molecule has 12 heteroatoms. The highest BCUT2D eigenvalue weighted by molar-refractivity contribution is 5.96. The monoisotopic (exact) mass is 1380 g/mol. The molecule has 562 valence electrons. The molecule has 6 saturated carbocycles. The van der Waals surface area contributed by atoms with Crippen LogP contribution >= 0.6 is 0 Å². The second-order valence-electron chi connectivity index (χ2n) is 38.1. The van der Waals surface area contributed by atoms with Crippen LogP contribution in [0.1, 0.15) is 301 Å². The number of amides is 4. The van der Waals surface area contributed by atoms with Crippen molar-refractivity contribution in [1.29, 1.82) is 0 Å². The number of likely N-dealkylation sites (tertiary alicyclic amines) is 2. The van der Waals surface area contributed by atoms with Gasteiger partial charge in [-0.3, -0.25) is 19.2 Å². The van der Waals surface area contributed by atoms with E-state index in [1.807, 2.05) is 0 Å². The molecule has 2 aliphatic heterocycles. The maximum Gasteiger partial charge on any atom is 0.255 e. The molecule has 0 bridgehead atoms. The van der Waals surface area contributed by atoms with Crippen molar-refractivity contribution in [3.05, 3.63) is 46.8 Å². The molecule has 10 aliphatic carbocycles. The van der Waals surface area contributed by atoms with Crippen molar-refractivity contribution < 1.29 is 29.4 Å². The van der Waals surface area contributed by atoms with Crippen LogP contribution in [0, 0.1) is 105 Å². The number of hydrogen-bond acceptors (Lipinski definition) is 8. The topological polar surface area (TPSA) is 146 Å². The van der Waals surface area contributed by atoms with Crippen molar-refractivity contribution in [1.82, 2.24) is 30.2 Å². The van der Waals surface area contributed by atoms with Crippen LogP contribution in [0.5, 0.6) is 0 Å². The summed E-state index contributed by atoms with van der Waals surface area (Å²) < 4.78 is 0. The van der Waals surface area contributed by atoms with E-state index >= 15 is 19.2 Å². The van der Waals surface area contributed by atoms with Crippen LogP contribution < -0.4 is 10.6 Å². The molecule has 6 unspecified atom stereocenters. The molecule has 0 aromatic carbocycles. The lowest BCUT2D eigenvalue weighted by molar-refractivity contribution is -0.169. The third kappa shape index (κ3) is 15.3. The summed E-state index contributed by atoms with van der Waals surface area (Å²) in [5.41, 5.74) is 5.22. The molecule has 12 rings (SSSR count). The molecule has 0 radical (unpaired) electrons. The van der Waals surface area contributed by atoms with Crippen LogP contribution in [-0.2, 0) is 19.2 Å². The van der Waals surface area contributed by atoms with Gasteiger partial charge in [-0.2, -0.15) is 0 Å². The van der Waals surface area contributed by atoms with Gasteiger partial charge in [0.05, 0.1) is 0 Å². The number of carbonyl (C=O) groups excluding carboxylic acids is 4. The Hall–Kier alpha value is -3.32. The van der Waals surface area contributed by atoms with Crippen LogP contribution in [0.3, 0.4) is 0 Å². The minimum atomic E-state index is -2.16. The highest BCUT2D eigenvalue weighted by Gasteiger charge is 2.63. The minimum Gasteiger partial charge on any atom is -0.380 e. The Morgan fingerprint density at radius 2 is 0.880 bits per heavy atom. The average molecular weight is 1380 g/mol. The lowest BCUT2D eigenvalue weighted by Gasteiger charge is -2.59. The molecule has 4 amide bonds. The number of rotatable bonds is 25. The average Bonchev–Trinajstić information content (AvgIpc) is 0.854. The molecule has 0 aromatic heterocycles. The smallest absolute Gasteiger partial charge is 0.255 e. The Balaban J connectivity index is 0.870. The minimum absolute atomic E-state index is 0.0497. The lowest BCUT2D eigenvalue weighted by atomic mass is 9.46. The number of aliphatic hydroxyl groups is 2. The number of hydrogen-bond donors (Lipinski definition) is 4. The van der Waals surface area contributed by atoms with Crippen molar-refractivity contribution in [2.75, 3.05) is 39.3 Å². The Morgan fingerprint density at radius 3 is 1.23 bits per heavy atom. The number of aliphatic hydroxyl groups excluding tert-OH is 2. The summed E-state index contributed by atoms with van der Waals surface area (Å²) in [6, 6.07) is -2.69. The normalized spacial score (nSPS) is 36.9. The molecule has 20 atom stereocenters. The Morgan fingerprint density at radius 1 is 0.490 bits per heavy atom. The van der Waals surface area contributed by atoms with Crippen molar-refractivity contribution in [2.24, 2.45) is 105 Å². The van der Waals surface area contributed by atoms with Gasteiger partial charge in [0.25, 0.3) is 11.8 Å². The molecule has 100 heavy (non-hydrogen) atoms. The van der Waals surface area contributed by atoms with Crippen LogP contribution in [-0.4, -0.2) is 129 Å². The highest BCUT2D eigenvalue weighted by Crippen LogP contribution is 2.70. The molecule has 2 saturated heterocycles. The van der Waals surface area contributed by atoms with Gasteiger partial charge >= 0.3 is 0 Å². The molecule has 4 N–H and O–H groups in total. The first kappa shape index (κ1) is 76.3. The van der Waals surface area contributed by atoms with Crippen molar-refractivity contribution in [3.63, 3.8) is 0 Å². The van der Waals surface area contributed by atoms with Gasteiger partial charge in [-0.25, -0.2) is 0 Å². The van der Waals surface area contributed by atoms with E-state index in [1.54, 1.807) is 9.80 Å². The first-order valence-corrected chi connectivity index (χ1v) is 42.8. The predicted octanol–water partition coefficient (Wildman–Crippen LogP) is 17.5. The fourth-order valence-electron chi connectivity index (χ4n) is 26.1. The SMILES string of the molecule is CCN1CCC(C(C(=O)NC2=CCCCC2)N(C(=O)C(O)C(O)C(=O)N(C2CC[C@@]3(C)C(=CC[C@H]4[C@@H]5CC[C@H]([C@H](C)CCCC(C)C)[C@@]5(C)CC[C@@H]43)C2)C(C(=O)NC2=CCCCC2)C2CCN(CC)CC2)C2CC[C@@]3(C)C(=CC[C@H]4[C@@H]5CC[C@H]([C@H](C)CCCC(C)C)[C@@]5(C)CC[C@@H]43)C2)CC1. The predicted molar refractivity (Wildman–Crippen MR) is 406 cm³/mol. The first-order chi connectivity index (χ1) is 47.9. The molecule has 12 nitrogen and oxygen atoms in total. The lowest BCUT2D eigenvalue weighted by Crippen LogP contribution is -2.65. The van der Waals surface area contributed by atoms with Gasteiger partial charge in [0.2, 0.25) is 11.8 Å². The number of fused-ring (bicyclic) bond motifs is 10. The zero-order valence-corrected chi connectivity index (χ0v) is 65.5. The van der Waals surface area contributed by atoms with E-state index in [2.05, 4.69) is 128 Å². The second kappa shape index (κ2) is 32.4. The summed E-state index contributed by atoms with van der Waals surface area (Å²) in [6.07, 6.45) is 40.1. The number of nitrogens with one attached hydrogen (secondary N) is 2. The van der Waals surface area contributed by atoms with Gasteiger partial charge in [-0.15, -0.1) is 0 Å². The summed E-state index contributed by atoms with van der Waals surface area (Å²) in [5, 5.41) is 33.6. The van der Waals surface area contributed by atoms with Gasteiger partial charge in [0, 0.05) is 23.5 Å². The van der Waals surface area contributed by atoms with E-state index in [4.69, 9.17) is 0 Å². The Labute approximate surface area is 608 Å². The quantitative estimate of drug-likeness (QED) is 0.0661. The van der Waals surface area contributed by atoms with Gasteiger partial charge in [0.1, 0.15) is 12.1 Å². The maximum atomic E-state index is 16.7. The van der Waals surface area contributed by atoms with Crippen molar-refractivity contribution >= 4 is 23.6 Å². The van der Waals surface area contributed by atoms with Crippen LogP contribution in [0.2, 0.25) is 0 Å². The third-order valence-corrected chi connectivity index (χ3v) is 32.0. The molecule has 2 heterocycles. The maximum absolute atomic E-state index is 16.7. The number of nitrogens with zero attached hydrogens (tertiary/aromatic N) is 4. The summed E-state index contributed by atoms with van der Waals surface area (Å²) in [4.78, 5) is 73.4. The second-order valence-corrected chi connectivity index (χ2v) is 38.1. The zero-order valence-electron chi connectivity index (χ0n) is 65.5. The summed E-state index contributed by atoms with van der Waals surface area (Å²) in [6.45, 7) is 34.4. The molecule has 8 fully saturated rings. The van der Waals surface area contributed by atoms with Crippen molar-refractivity contribution in [2.45, 2.75) is 338 Å². The highest BCUT2D eigenvalue weighted by atomic mass is 16.3. The van der Waals surface area contributed by atoms with E-state index in [-0.39, 0.29) is 34.5 Å². The van der Waals surface area contributed by atoms with Gasteiger partial charge < -0.3 is 40.4 Å². The number of allylic oxidation sites excluding steroid dienone is 6. The Bertz CT molecular complexity index is 2760. The first-order valence-electron chi connectivity index (χ1n) is 42.8. The molecule has 0 spiro atoms. The fourth-order valence-corrected chi connectivity index (χ4v) is 26.1. The standard InChI is InChI=1S/C88H144N6O6/c1-13-91-51-43-61(44-52-91)77(81(97)89-65-27-17-15-18-28-65)93(67-39-47-85(9)63(55-67)31-33-69-73-37-35-71(59(7)25-21-23-57(3)4)87(73,11)49-41-75(69)85)83(99)79(95)80(96)84(100)94(78(62-45-53-92(14-2)54-46-62)82(98)90-66-29-19-16-20-30-66)68-40-48-86(10)64(56-68)32-34-70-74-38-36-72(60(8)26-22-24-58(5)6)88(74,12)50-42-76(70)86/h27,29,31-32,57-62,67-80,95-96H,13-26,28,30,33-56H2,1-12H3,(H,89,97)(H,90,98)/t59-,60-,67?,68?,69+,70+,71-,72-,73+,74+,75+,76+,77?,78?,79?,80?,85+,86+,87-,88-/m1/s1. The van der Waals surface area contributed by atoms with Crippen LogP contribution in [0.4, 0.5) is 0 Å². The van der Waals surface area contributed by atoms with Crippen LogP contribution in [0.15, 0.2) is 46.8 Å². The molecular formula is C88H144N6O6. The van der Waals surface area contributed by atoms with Gasteiger partial charge in [-0.1, -0.05) is 157 Å². The molecular weight excluding hydrogens is 1240 g/mol. The van der Waals surface area contributed by atoms with E-state index in [0.717, 1.165) is 189 Å². The van der Waals surface area contributed by atoms with E-state index in [9.17, 15) is 10.2 Å². The van der Waals surface area contributed by atoms with E-state index < -0.39 is 48.2 Å². The summed E-state index contributed by atoms with van der Waals surface area (Å²) >= 11 is 0. The van der Waals surface area contributed by atoms with Gasteiger partial charge in [0.15, 0.2) is 12.2 Å².